The molecule has 0 radical (unpaired) electrons. The van der Waals surface area contributed by atoms with Gasteiger partial charge < -0.3 is 15.0 Å². The number of hydrogen-bond donors (Lipinski definition) is 1. The summed E-state index contributed by atoms with van der Waals surface area (Å²) in [6.07, 6.45) is 10.2. The van der Waals surface area contributed by atoms with Crippen LogP contribution in [0.25, 0.3) is 0 Å². The average molecular weight is 521 g/mol. The third kappa shape index (κ3) is 5.09. The van der Waals surface area contributed by atoms with Crippen LogP contribution in [0.15, 0.2) is 42.0 Å². The Bertz CT molecular complexity index is 1100. The van der Waals surface area contributed by atoms with Gasteiger partial charge in [-0.3, -0.25) is 9.59 Å². The van der Waals surface area contributed by atoms with Crippen LogP contribution in [0.2, 0.25) is 0 Å². The molecule has 206 valence electrons. The number of amides is 1. The van der Waals surface area contributed by atoms with Crippen LogP contribution in [0.5, 0.6) is 0 Å². The van der Waals surface area contributed by atoms with Gasteiger partial charge in [-0.1, -0.05) is 49.8 Å². The molecule has 6 nitrogen and oxygen atoms in total. The van der Waals surface area contributed by atoms with Gasteiger partial charge in [-0.15, -0.1) is 0 Å². The van der Waals surface area contributed by atoms with Gasteiger partial charge in [0, 0.05) is 18.3 Å². The standard InChI is InChI=1S/C32H44N2O4/c1-31-16-14-23(35)19-22(31)10-11-24-25-12-13-28(32(25,2)17-15-26(24)31)38-30(37)27(33-29(36)20-34(3)4)18-21-8-6-5-7-9-21/h5-9,19,24-28H,10-18,20H2,1-4H3,(H,33,36). The number of ether oxygens (including phenoxy) is 1. The zero-order chi connectivity index (χ0) is 27.1. The Morgan fingerprint density at radius 3 is 2.53 bits per heavy atom. The SMILES string of the molecule is CN(C)CC(=O)NC(Cc1ccccc1)C(=O)OC1CCC2C3CCC4=CC(=O)CCC4(C)C3CCC12C. The highest BCUT2D eigenvalue weighted by molar-refractivity contribution is 5.91. The zero-order valence-corrected chi connectivity index (χ0v) is 23.5. The molecule has 4 aliphatic carbocycles. The first-order chi connectivity index (χ1) is 18.1. The number of hydrogen-bond acceptors (Lipinski definition) is 5. The number of ketones is 1. The van der Waals surface area contributed by atoms with Crippen molar-refractivity contribution in [3.63, 3.8) is 0 Å². The monoisotopic (exact) mass is 520 g/mol. The quantitative estimate of drug-likeness (QED) is 0.527. The predicted molar refractivity (Wildman–Crippen MR) is 147 cm³/mol. The van der Waals surface area contributed by atoms with Gasteiger partial charge in [0.25, 0.3) is 0 Å². The number of esters is 1. The van der Waals surface area contributed by atoms with Crippen molar-refractivity contribution in [3.05, 3.63) is 47.5 Å². The third-order valence-electron chi connectivity index (χ3n) is 10.5. The molecule has 1 N–H and O–H groups in total. The van der Waals surface area contributed by atoms with Crippen molar-refractivity contribution in [1.29, 1.82) is 0 Å². The Balaban J connectivity index is 1.30. The number of benzene rings is 1. The molecule has 38 heavy (non-hydrogen) atoms. The lowest BCUT2D eigenvalue weighted by Gasteiger charge is -2.57. The van der Waals surface area contributed by atoms with Crippen molar-refractivity contribution in [1.82, 2.24) is 10.2 Å². The molecule has 0 spiro atoms. The van der Waals surface area contributed by atoms with Crippen molar-refractivity contribution in [2.24, 2.45) is 28.6 Å². The number of nitrogens with zero attached hydrogens (tertiary/aromatic N) is 1. The molecule has 6 heteroatoms. The second-order valence-corrected chi connectivity index (χ2v) is 13.1. The normalized spacial score (nSPS) is 35.0. The Morgan fingerprint density at radius 1 is 1.03 bits per heavy atom. The van der Waals surface area contributed by atoms with Crippen molar-refractivity contribution in [2.45, 2.75) is 83.8 Å². The minimum absolute atomic E-state index is 0.0379. The molecule has 0 saturated heterocycles. The van der Waals surface area contributed by atoms with E-state index in [0.29, 0.717) is 36.4 Å². The summed E-state index contributed by atoms with van der Waals surface area (Å²) in [5.41, 5.74) is 2.49. The Hall–Kier alpha value is -2.47. The van der Waals surface area contributed by atoms with Gasteiger partial charge in [0.15, 0.2) is 5.78 Å². The van der Waals surface area contributed by atoms with E-state index in [1.54, 1.807) is 4.90 Å². The van der Waals surface area contributed by atoms with Gasteiger partial charge in [-0.25, -0.2) is 4.79 Å². The Kier molecular flexibility index (Phi) is 7.56. The first kappa shape index (κ1) is 27.1. The van der Waals surface area contributed by atoms with Crippen LogP contribution in [-0.2, 0) is 25.5 Å². The molecule has 5 rings (SSSR count). The number of carbonyl (C=O) groups excluding carboxylic acids is 3. The van der Waals surface area contributed by atoms with Gasteiger partial charge in [0.05, 0.1) is 6.54 Å². The maximum absolute atomic E-state index is 13.6. The van der Waals surface area contributed by atoms with Gasteiger partial charge in [0.1, 0.15) is 12.1 Å². The topological polar surface area (TPSA) is 75.7 Å². The van der Waals surface area contributed by atoms with Crippen molar-refractivity contribution in [2.75, 3.05) is 20.6 Å². The van der Waals surface area contributed by atoms with Gasteiger partial charge in [-0.05, 0) is 93.8 Å². The Labute approximate surface area is 227 Å². The van der Waals surface area contributed by atoms with Crippen LogP contribution in [0, 0.1) is 28.6 Å². The summed E-state index contributed by atoms with van der Waals surface area (Å²) in [6, 6.07) is 9.12. The maximum atomic E-state index is 13.6. The van der Waals surface area contributed by atoms with E-state index in [1.165, 1.54) is 5.57 Å². The smallest absolute Gasteiger partial charge is 0.329 e. The minimum atomic E-state index is -0.704. The molecule has 0 bridgehead atoms. The molecular formula is C32H44N2O4. The fourth-order valence-electron chi connectivity index (χ4n) is 8.50. The van der Waals surface area contributed by atoms with E-state index >= 15 is 0 Å². The zero-order valence-electron chi connectivity index (χ0n) is 23.5. The molecule has 7 atom stereocenters. The van der Waals surface area contributed by atoms with Crippen LogP contribution in [0.1, 0.15) is 70.8 Å². The summed E-state index contributed by atoms with van der Waals surface area (Å²) < 4.78 is 6.33. The van der Waals surface area contributed by atoms with Crippen molar-refractivity contribution in [3.8, 4) is 0 Å². The fourth-order valence-corrected chi connectivity index (χ4v) is 8.50. The molecule has 1 amide bonds. The van der Waals surface area contributed by atoms with E-state index in [1.807, 2.05) is 50.5 Å². The molecular weight excluding hydrogens is 476 g/mol. The average Bonchev–Trinajstić information content (AvgIpc) is 3.20. The number of likely N-dealkylation sites (N-methyl/N-ethyl adjacent to an activating group) is 1. The van der Waals surface area contributed by atoms with E-state index in [2.05, 4.69) is 19.2 Å². The summed E-state index contributed by atoms with van der Waals surface area (Å²) in [5, 5.41) is 2.95. The van der Waals surface area contributed by atoms with Gasteiger partial charge in [0.2, 0.25) is 5.91 Å². The number of allylic oxidation sites excluding steroid dienone is 1. The first-order valence-electron chi connectivity index (χ1n) is 14.5. The molecule has 7 unspecified atom stereocenters. The lowest BCUT2D eigenvalue weighted by atomic mass is 9.47. The molecule has 3 saturated carbocycles. The number of fused-ring (bicyclic) bond motifs is 5. The van der Waals surface area contributed by atoms with Crippen LogP contribution in [0.3, 0.4) is 0 Å². The summed E-state index contributed by atoms with van der Waals surface area (Å²) in [7, 11) is 3.69. The first-order valence-corrected chi connectivity index (χ1v) is 14.5. The van der Waals surface area contributed by atoms with Gasteiger partial charge >= 0.3 is 5.97 Å². The maximum Gasteiger partial charge on any atom is 0.329 e. The lowest BCUT2D eigenvalue weighted by molar-refractivity contribution is -0.163. The van der Waals surface area contributed by atoms with Crippen LogP contribution in [-0.4, -0.2) is 55.3 Å². The summed E-state index contributed by atoms with van der Waals surface area (Å²) in [6.45, 7) is 4.97. The molecule has 0 heterocycles. The van der Waals surface area contributed by atoms with E-state index in [-0.39, 0.29) is 35.4 Å². The highest BCUT2D eigenvalue weighted by Crippen LogP contribution is 2.65. The van der Waals surface area contributed by atoms with E-state index in [0.717, 1.165) is 50.5 Å². The van der Waals surface area contributed by atoms with E-state index in [9.17, 15) is 14.4 Å². The van der Waals surface area contributed by atoms with E-state index in [4.69, 9.17) is 4.74 Å². The van der Waals surface area contributed by atoms with Crippen molar-refractivity contribution >= 4 is 17.7 Å². The molecule has 3 fully saturated rings. The molecule has 0 aliphatic heterocycles. The van der Waals surface area contributed by atoms with E-state index < -0.39 is 6.04 Å². The lowest BCUT2D eigenvalue weighted by Crippen LogP contribution is -2.52. The fraction of sp³-hybridized carbons (Fsp3) is 0.656. The minimum Gasteiger partial charge on any atom is -0.460 e. The summed E-state index contributed by atoms with van der Waals surface area (Å²) >= 11 is 0. The Morgan fingerprint density at radius 2 is 1.79 bits per heavy atom. The second-order valence-electron chi connectivity index (χ2n) is 13.1. The summed E-state index contributed by atoms with van der Waals surface area (Å²) in [4.78, 5) is 40.2. The van der Waals surface area contributed by atoms with Crippen LogP contribution < -0.4 is 5.32 Å². The largest absolute Gasteiger partial charge is 0.460 e. The molecule has 0 aromatic heterocycles. The summed E-state index contributed by atoms with van der Waals surface area (Å²) in [5.74, 6) is 1.57. The highest BCUT2D eigenvalue weighted by atomic mass is 16.5. The second kappa shape index (κ2) is 10.6. The molecule has 1 aromatic rings. The highest BCUT2D eigenvalue weighted by Gasteiger charge is 2.60. The van der Waals surface area contributed by atoms with Gasteiger partial charge in [-0.2, -0.15) is 0 Å². The number of carbonyl (C=O) groups is 3. The number of nitrogens with one attached hydrogen (secondary N) is 1. The molecule has 4 aliphatic rings. The predicted octanol–water partition coefficient (Wildman–Crippen LogP) is 4.72. The van der Waals surface area contributed by atoms with Crippen molar-refractivity contribution < 1.29 is 19.1 Å². The molecule has 1 aromatic carbocycles. The van der Waals surface area contributed by atoms with Crippen LogP contribution >= 0.6 is 0 Å². The van der Waals surface area contributed by atoms with Crippen LogP contribution in [0.4, 0.5) is 0 Å². The third-order valence-corrected chi connectivity index (χ3v) is 10.5. The number of rotatable bonds is 7.